The number of hydrogen-bond acceptors (Lipinski definition) is 4. The zero-order valence-electron chi connectivity index (χ0n) is 37.4. The van der Waals surface area contributed by atoms with E-state index in [9.17, 15) is 0 Å². The van der Waals surface area contributed by atoms with Gasteiger partial charge in [0.2, 0.25) is 0 Å². The van der Waals surface area contributed by atoms with E-state index in [1.54, 1.807) is 0 Å². The molecule has 324 valence electrons. The fourth-order valence-corrected chi connectivity index (χ4v) is 10.7. The summed E-state index contributed by atoms with van der Waals surface area (Å²) >= 11 is 0. The first-order chi connectivity index (χ1) is 34.2. The lowest BCUT2D eigenvalue weighted by Crippen LogP contribution is -2.08. The number of allylic oxidation sites excluding steroid dienone is 4. The Bertz CT molecular complexity index is 4160. The number of benzene rings is 9. The van der Waals surface area contributed by atoms with Crippen molar-refractivity contribution in [2.24, 2.45) is 0 Å². The number of aromatic nitrogens is 5. The Hall–Kier alpha value is -9.13. The van der Waals surface area contributed by atoms with Crippen molar-refractivity contribution in [3.05, 3.63) is 236 Å². The molecular weight excluding hydrogens is 843 g/mol. The predicted molar refractivity (Wildman–Crippen MR) is 283 cm³/mol. The zero-order valence-corrected chi connectivity index (χ0v) is 37.4. The van der Waals surface area contributed by atoms with Crippen LogP contribution in [0, 0.1) is 0 Å². The maximum Gasteiger partial charge on any atom is 0.163 e. The van der Waals surface area contributed by atoms with E-state index in [4.69, 9.17) is 19.4 Å². The standard InChI is InChI=1S/C63H41N5O/c1-5-19-40(20-6-1)51-37-44(63-65-61(42-23-9-3-10-24-42)64-62(66-63)43-33-34-48-47-28-15-18-32-56(47)69-57(48)39-43)38-52(41-21-7-2-8-22-41)59(51)68-53-30-16-13-27-46(53)49-35-36-55-58(60(49)68)50-29-14-17-31-54(50)67(55)45-25-11-4-12-26-45/h1-23,25-39,42H,24H2. The van der Waals surface area contributed by atoms with Crippen molar-refractivity contribution in [1.82, 2.24) is 24.1 Å². The molecule has 0 spiro atoms. The van der Waals surface area contributed by atoms with Crippen LogP contribution in [0.2, 0.25) is 0 Å². The third-order valence-electron chi connectivity index (χ3n) is 13.8. The molecule has 1 aliphatic rings. The summed E-state index contributed by atoms with van der Waals surface area (Å²) in [5, 5.41) is 6.93. The summed E-state index contributed by atoms with van der Waals surface area (Å²) in [5.41, 5.74) is 14.5. The van der Waals surface area contributed by atoms with Crippen molar-refractivity contribution >= 4 is 65.6 Å². The minimum absolute atomic E-state index is 0.00933. The van der Waals surface area contributed by atoms with E-state index in [0.717, 1.165) is 101 Å². The first kappa shape index (κ1) is 39.1. The van der Waals surface area contributed by atoms with Gasteiger partial charge >= 0.3 is 0 Å². The van der Waals surface area contributed by atoms with Crippen molar-refractivity contribution in [3.8, 4) is 56.4 Å². The quantitative estimate of drug-likeness (QED) is 0.160. The summed E-state index contributed by atoms with van der Waals surface area (Å²) in [6.07, 6.45) is 9.36. The molecule has 0 saturated carbocycles. The number of furan rings is 1. The molecule has 0 bridgehead atoms. The van der Waals surface area contributed by atoms with Gasteiger partial charge in [-0.2, -0.15) is 0 Å². The summed E-state index contributed by atoms with van der Waals surface area (Å²) in [5.74, 6) is 1.93. The zero-order chi connectivity index (χ0) is 45.4. The molecule has 0 aliphatic heterocycles. The van der Waals surface area contributed by atoms with Gasteiger partial charge in [-0.1, -0.05) is 170 Å². The van der Waals surface area contributed by atoms with Gasteiger partial charge in [0, 0.05) is 66.2 Å². The second-order valence-electron chi connectivity index (χ2n) is 17.9. The van der Waals surface area contributed by atoms with E-state index < -0.39 is 0 Å². The van der Waals surface area contributed by atoms with Crippen LogP contribution < -0.4 is 0 Å². The lowest BCUT2D eigenvalue weighted by atomic mass is 9.92. The van der Waals surface area contributed by atoms with Crippen LogP contribution in [-0.2, 0) is 0 Å². The van der Waals surface area contributed by atoms with Gasteiger partial charge in [0.25, 0.3) is 0 Å². The van der Waals surface area contributed by atoms with Crippen LogP contribution in [0.5, 0.6) is 0 Å². The molecule has 1 aliphatic carbocycles. The molecule has 0 amide bonds. The van der Waals surface area contributed by atoms with Crippen LogP contribution >= 0.6 is 0 Å². The summed E-state index contributed by atoms with van der Waals surface area (Å²) in [6, 6.07) is 73.6. The van der Waals surface area contributed by atoms with Gasteiger partial charge in [-0.15, -0.1) is 0 Å². The summed E-state index contributed by atoms with van der Waals surface area (Å²) in [7, 11) is 0. The van der Waals surface area contributed by atoms with Crippen LogP contribution in [0.4, 0.5) is 0 Å². The summed E-state index contributed by atoms with van der Waals surface area (Å²) in [4.78, 5) is 16.0. The third kappa shape index (κ3) is 6.30. The van der Waals surface area contributed by atoms with Crippen LogP contribution in [-0.4, -0.2) is 24.1 Å². The predicted octanol–water partition coefficient (Wildman–Crippen LogP) is 16.2. The van der Waals surface area contributed by atoms with Gasteiger partial charge in [0.1, 0.15) is 17.0 Å². The first-order valence-electron chi connectivity index (χ1n) is 23.5. The maximum atomic E-state index is 6.39. The molecule has 1 unspecified atom stereocenters. The maximum absolute atomic E-state index is 6.39. The minimum atomic E-state index is -0.00933. The SMILES string of the molecule is C1=CCC(c2nc(-c3cc(-c4ccccc4)c(-n4c5ccccc5c5ccc6c(c7ccccc7n6-c6ccccc6)c54)c(-c4ccccc4)c3)nc(-c3ccc4c(c3)oc3ccccc34)n2)C=C1. The van der Waals surface area contributed by atoms with E-state index in [2.05, 4.69) is 221 Å². The summed E-state index contributed by atoms with van der Waals surface area (Å²) in [6.45, 7) is 0. The van der Waals surface area contributed by atoms with Crippen molar-refractivity contribution in [2.75, 3.05) is 0 Å². The Labute approximate surface area is 397 Å². The number of para-hydroxylation sites is 4. The highest BCUT2D eigenvalue weighted by atomic mass is 16.3. The molecular formula is C63H41N5O. The molecule has 6 nitrogen and oxygen atoms in total. The van der Waals surface area contributed by atoms with E-state index in [1.165, 1.54) is 21.5 Å². The van der Waals surface area contributed by atoms with E-state index in [0.29, 0.717) is 11.6 Å². The fraction of sp³-hybridized carbons (Fsp3) is 0.0317. The molecule has 14 rings (SSSR count). The molecule has 1 atom stereocenters. The Morgan fingerprint density at radius 2 is 1.01 bits per heavy atom. The van der Waals surface area contributed by atoms with E-state index in [-0.39, 0.29) is 5.92 Å². The second kappa shape index (κ2) is 15.8. The minimum Gasteiger partial charge on any atom is -0.456 e. The molecule has 0 N–H and O–H groups in total. The molecule has 9 aromatic carbocycles. The van der Waals surface area contributed by atoms with Gasteiger partial charge in [0.15, 0.2) is 11.6 Å². The number of fused-ring (bicyclic) bond motifs is 10. The van der Waals surface area contributed by atoms with E-state index >= 15 is 0 Å². The van der Waals surface area contributed by atoms with Crippen molar-refractivity contribution < 1.29 is 4.42 Å². The van der Waals surface area contributed by atoms with Crippen LogP contribution in [0.3, 0.4) is 0 Å². The Morgan fingerprint density at radius 1 is 0.420 bits per heavy atom. The molecule has 0 saturated heterocycles. The molecule has 4 heterocycles. The molecule has 69 heavy (non-hydrogen) atoms. The topological polar surface area (TPSA) is 61.7 Å². The normalized spacial score (nSPS) is 13.8. The number of nitrogens with zero attached hydrogens (tertiary/aromatic N) is 5. The van der Waals surface area contributed by atoms with Crippen LogP contribution in [0.1, 0.15) is 18.2 Å². The van der Waals surface area contributed by atoms with Crippen LogP contribution in [0.25, 0.3) is 122 Å². The van der Waals surface area contributed by atoms with E-state index in [1.807, 2.05) is 18.2 Å². The molecule has 13 aromatic rings. The second-order valence-corrected chi connectivity index (χ2v) is 17.9. The third-order valence-corrected chi connectivity index (χ3v) is 13.8. The summed E-state index contributed by atoms with van der Waals surface area (Å²) < 4.78 is 11.3. The monoisotopic (exact) mass is 883 g/mol. The number of hydrogen-bond donors (Lipinski definition) is 0. The fourth-order valence-electron chi connectivity index (χ4n) is 10.7. The van der Waals surface area contributed by atoms with Crippen molar-refractivity contribution in [2.45, 2.75) is 12.3 Å². The Balaban J connectivity index is 1.09. The highest BCUT2D eigenvalue weighted by Gasteiger charge is 2.26. The van der Waals surface area contributed by atoms with Crippen molar-refractivity contribution in [3.63, 3.8) is 0 Å². The largest absolute Gasteiger partial charge is 0.456 e. The molecule has 4 aromatic heterocycles. The molecule has 0 radical (unpaired) electrons. The highest BCUT2D eigenvalue weighted by molar-refractivity contribution is 6.26. The number of rotatable bonds is 7. The Morgan fingerprint density at radius 3 is 1.72 bits per heavy atom. The smallest absolute Gasteiger partial charge is 0.163 e. The molecule has 0 fully saturated rings. The highest BCUT2D eigenvalue weighted by Crippen LogP contribution is 2.47. The van der Waals surface area contributed by atoms with Crippen LogP contribution in [0.15, 0.2) is 235 Å². The lowest BCUT2D eigenvalue weighted by Gasteiger charge is -2.21. The van der Waals surface area contributed by atoms with Gasteiger partial charge in [-0.25, -0.2) is 15.0 Å². The van der Waals surface area contributed by atoms with Gasteiger partial charge in [0.05, 0.1) is 27.8 Å². The van der Waals surface area contributed by atoms with Gasteiger partial charge < -0.3 is 13.6 Å². The van der Waals surface area contributed by atoms with Gasteiger partial charge in [-0.05, 0) is 78.2 Å². The lowest BCUT2D eigenvalue weighted by molar-refractivity contribution is 0.669. The van der Waals surface area contributed by atoms with Crippen molar-refractivity contribution in [1.29, 1.82) is 0 Å². The average Bonchev–Trinajstić information content (AvgIpc) is 4.09. The Kier molecular flexibility index (Phi) is 8.92. The first-order valence-corrected chi connectivity index (χ1v) is 23.5. The van der Waals surface area contributed by atoms with Gasteiger partial charge in [-0.3, -0.25) is 0 Å². The molecule has 6 heteroatoms. The average molecular weight is 884 g/mol.